The SMILES string of the molecule is COc1cc(C(=O)NC2COCCn3c2nc(-c2ccncn2)cc3=O)c(OC)nn1. The van der Waals surface area contributed by atoms with E-state index in [0.717, 1.165) is 0 Å². The summed E-state index contributed by atoms with van der Waals surface area (Å²) in [6, 6.07) is 3.76. The maximum absolute atomic E-state index is 13.0. The Morgan fingerprint density at radius 2 is 2.10 bits per heavy atom. The molecule has 0 aromatic carbocycles. The number of methoxy groups -OCH3 is 2. The van der Waals surface area contributed by atoms with E-state index in [1.165, 1.54) is 37.2 Å². The molecule has 12 nitrogen and oxygen atoms in total. The molecule has 31 heavy (non-hydrogen) atoms. The maximum atomic E-state index is 13.0. The normalized spacial score (nSPS) is 15.5. The van der Waals surface area contributed by atoms with Gasteiger partial charge in [0.2, 0.25) is 11.8 Å². The number of fused-ring (bicyclic) bond motifs is 1. The Labute approximate surface area is 176 Å². The van der Waals surface area contributed by atoms with Gasteiger partial charge in [-0.15, -0.1) is 10.2 Å². The van der Waals surface area contributed by atoms with Gasteiger partial charge in [-0.05, 0) is 6.07 Å². The number of hydrogen-bond acceptors (Lipinski definition) is 10. The summed E-state index contributed by atoms with van der Waals surface area (Å²) >= 11 is 0. The lowest BCUT2D eigenvalue weighted by Gasteiger charge is -2.19. The van der Waals surface area contributed by atoms with E-state index in [1.807, 2.05) is 0 Å². The minimum absolute atomic E-state index is 0.0351. The predicted molar refractivity (Wildman–Crippen MR) is 106 cm³/mol. The molecule has 3 aromatic rings. The van der Waals surface area contributed by atoms with Crippen LogP contribution < -0.4 is 20.3 Å². The van der Waals surface area contributed by atoms with E-state index >= 15 is 0 Å². The molecule has 3 aromatic heterocycles. The summed E-state index contributed by atoms with van der Waals surface area (Å²) in [6.45, 7) is 0.747. The van der Waals surface area contributed by atoms with Crippen LogP contribution in [-0.2, 0) is 11.3 Å². The summed E-state index contributed by atoms with van der Waals surface area (Å²) in [6.07, 6.45) is 2.94. The van der Waals surface area contributed by atoms with E-state index in [4.69, 9.17) is 14.2 Å². The van der Waals surface area contributed by atoms with Crippen molar-refractivity contribution >= 4 is 5.91 Å². The van der Waals surface area contributed by atoms with E-state index in [0.29, 0.717) is 30.4 Å². The van der Waals surface area contributed by atoms with Gasteiger partial charge in [-0.1, -0.05) is 0 Å². The van der Waals surface area contributed by atoms with Gasteiger partial charge in [-0.2, -0.15) is 0 Å². The number of ether oxygens (including phenoxy) is 3. The van der Waals surface area contributed by atoms with Gasteiger partial charge in [0.1, 0.15) is 23.8 Å². The highest BCUT2D eigenvalue weighted by Gasteiger charge is 2.27. The lowest BCUT2D eigenvalue weighted by molar-refractivity contribution is 0.0851. The lowest BCUT2D eigenvalue weighted by atomic mass is 10.2. The number of hydrogen-bond donors (Lipinski definition) is 1. The van der Waals surface area contributed by atoms with Crippen LogP contribution in [0.5, 0.6) is 11.8 Å². The number of nitrogens with one attached hydrogen (secondary N) is 1. The molecule has 12 heteroatoms. The second kappa shape index (κ2) is 8.83. The van der Waals surface area contributed by atoms with Gasteiger partial charge in [-0.3, -0.25) is 14.2 Å². The number of carbonyl (C=O) groups is 1. The zero-order chi connectivity index (χ0) is 21.8. The van der Waals surface area contributed by atoms with E-state index in [1.54, 1.807) is 12.3 Å². The first-order valence-corrected chi connectivity index (χ1v) is 9.33. The summed E-state index contributed by atoms with van der Waals surface area (Å²) in [7, 11) is 2.80. The zero-order valence-corrected chi connectivity index (χ0v) is 16.8. The minimum Gasteiger partial charge on any atom is -0.480 e. The highest BCUT2D eigenvalue weighted by molar-refractivity contribution is 5.96. The van der Waals surface area contributed by atoms with Crippen LogP contribution in [-0.4, -0.2) is 63.1 Å². The molecule has 1 N–H and O–H groups in total. The second-order valence-electron chi connectivity index (χ2n) is 6.49. The van der Waals surface area contributed by atoms with Gasteiger partial charge in [0, 0.05) is 18.3 Å². The van der Waals surface area contributed by atoms with E-state index in [2.05, 4.69) is 30.5 Å². The lowest BCUT2D eigenvalue weighted by Crippen LogP contribution is -2.36. The number of nitrogens with zero attached hydrogens (tertiary/aromatic N) is 6. The molecule has 1 aliphatic heterocycles. The quantitative estimate of drug-likeness (QED) is 0.593. The van der Waals surface area contributed by atoms with Crippen LogP contribution in [0.15, 0.2) is 35.5 Å². The van der Waals surface area contributed by atoms with Gasteiger partial charge in [-0.25, -0.2) is 15.0 Å². The summed E-state index contributed by atoms with van der Waals surface area (Å²) in [5.74, 6) is 0.0467. The van der Waals surface area contributed by atoms with Crippen molar-refractivity contribution in [1.29, 1.82) is 0 Å². The van der Waals surface area contributed by atoms with Crippen LogP contribution in [0, 0.1) is 0 Å². The Hall–Kier alpha value is -3.93. The van der Waals surface area contributed by atoms with Crippen molar-refractivity contribution in [2.75, 3.05) is 27.4 Å². The largest absolute Gasteiger partial charge is 0.480 e. The Balaban J connectivity index is 1.72. The maximum Gasteiger partial charge on any atom is 0.257 e. The highest BCUT2D eigenvalue weighted by Crippen LogP contribution is 2.22. The Bertz CT molecular complexity index is 1150. The Morgan fingerprint density at radius 3 is 2.84 bits per heavy atom. The van der Waals surface area contributed by atoms with Crippen molar-refractivity contribution in [3.63, 3.8) is 0 Å². The number of aromatic nitrogens is 6. The minimum atomic E-state index is -0.701. The van der Waals surface area contributed by atoms with Crippen LogP contribution in [0.25, 0.3) is 11.4 Å². The summed E-state index contributed by atoms with van der Waals surface area (Å²) in [4.78, 5) is 38.4. The number of amides is 1. The van der Waals surface area contributed by atoms with E-state index in [-0.39, 0.29) is 29.5 Å². The number of carbonyl (C=O) groups excluding carboxylic acids is 1. The molecule has 0 bridgehead atoms. The predicted octanol–water partition coefficient (Wildman–Crippen LogP) is 0.00880. The van der Waals surface area contributed by atoms with Gasteiger partial charge in [0.15, 0.2) is 0 Å². The molecular formula is C19H19N7O5. The molecule has 160 valence electrons. The van der Waals surface area contributed by atoms with Gasteiger partial charge < -0.3 is 19.5 Å². The van der Waals surface area contributed by atoms with Crippen LogP contribution in [0.4, 0.5) is 0 Å². The van der Waals surface area contributed by atoms with Gasteiger partial charge in [0.05, 0.1) is 45.4 Å². The Morgan fingerprint density at radius 1 is 1.23 bits per heavy atom. The zero-order valence-electron chi connectivity index (χ0n) is 16.8. The van der Waals surface area contributed by atoms with Crippen molar-refractivity contribution in [2.45, 2.75) is 12.6 Å². The average Bonchev–Trinajstić information content (AvgIpc) is 3.01. The van der Waals surface area contributed by atoms with Crippen molar-refractivity contribution in [2.24, 2.45) is 0 Å². The molecular weight excluding hydrogens is 406 g/mol. The molecule has 0 radical (unpaired) electrons. The molecule has 0 fully saturated rings. The third-order valence-corrected chi connectivity index (χ3v) is 4.63. The summed E-state index contributed by atoms with van der Waals surface area (Å²) < 4.78 is 17.3. The molecule has 1 amide bonds. The standard InChI is InChI=1S/C19H19N7O5/c1-29-15-7-11(19(30-2)25-24-15)18(28)23-14-9-31-6-5-26-16(27)8-13(22-17(14)26)12-3-4-20-10-21-12/h3-4,7-8,10,14H,5-6,9H2,1-2H3,(H,23,28). The van der Waals surface area contributed by atoms with Crippen LogP contribution in [0.2, 0.25) is 0 Å². The molecule has 1 unspecified atom stereocenters. The van der Waals surface area contributed by atoms with Crippen LogP contribution in [0.1, 0.15) is 22.2 Å². The van der Waals surface area contributed by atoms with Crippen molar-refractivity contribution in [1.82, 2.24) is 35.0 Å². The molecule has 0 saturated heterocycles. The molecule has 4 rings (SSSR count). The Kier molecular flexibility index (Phi) is 5.80. The van der Waals surface area contributed by atoms with Crippen molar-refractivity contribution in [3.05, 3.63) is 52.5 Å². The van der Waals surface area contributed by atoms with E-state index < -0.39 is 11.9 Å². The topological polar surface area (TPSA) is 143 Å². The summed E-state index contributed by atoms with van der Waals surface area (Å²) in [5, 5.41) is 10.5. The van der Waals surface area contributed by atoms with Gasteiger partial charge in [0.25, 0.3) is 11.5 Å². The van der Waals surface area contributed by atoms with Gasteiger partial charge >= 0.3 is 0 Å². The molecule has 4 heterocycles. The second-order valence-corrected chi connectivity index (χ2v) is 6.49. The van der Waals surface area contributed by atoms with Crippen molar-refractivity contribution in [3.8, 4) is 23.1 Å². The molecule has 0 aliphatic carbocycles. The van der Waals surface area contributed by atoms with Crippen LogP contribution in [0.3, 0.4) is 0 Å². The third kappa shape index (κ3) is 4.19. The van der Waals surface area contributed by atoms with Crippen molar-refractivity contribution < 1.29 is 19.0 Å². The molecule has 1 aliphatic rings. The fourth-order valence-electron chi connectivity index (χ4n) is 3.14. The first kappa shape index (κ1) is 20.3. The first-order chi connectivity index (χ1) is 15.1. The van der Waals surface area contributed by atoms with E-state index in [9.17, 15) is 9.59 Å². The smallest absolute Gasteiger partial charge is 0.257 e. The van der Waals surface area contributed by atoms with Crippen LogP contribution >= 0.6 is 0 Å². The fraction of sp³-hybridized carbons (Fsp3) is 0.316. The third-order valence-electron chi connectivity index (χ3n) is 4.63. The monoisotopic (exact) mass is 425 g/mol. The highest BCUT2D eigenvalue weighted by atomic mass is 16.5. The fourth-order valence-corrected chi connectivity index (χ4v) is 3.14. The first-order valence-electron chi connectivity index (χ1n) is 9.33. The summed E-state index contributed by atoms with van der Waals surface area (Å²) in [5.41, 5.74) is 0.729. The molecule has 1 atom stereocenters. The molecule has 0 saturated carbocycles. The average molecular weight is 425 g/mol. The molecule has 0 spiro atoms. The number of rotatable bonds is 5.